The number of carbonyl (C=O) groups is 3. The van der Waals surface area contributed by atoms with Crippen LogP contribution in [-0.2, 0) is 39.8 Å². The summed E-state index contributed by atoms with van der Waals surface area (Å²) in [6.07, 6.45) is 2.76. The highest BCUT2D eigenvalue weighted by atomic mass is 16.7. The molecule has 3 spiro atoms. The van der Waals surface area contributed by atoms with E-state index in [4.69, 9.17) is 23.4 Å². The minimum Gasteiger partial charge on any atom is -0.469 e. The minimum atomic E-state index is -1.45. The summed E-state index contributed by atoms with van der Waals surface area (Å²) < 4.78 is 31.8. The molecule has 8 rings (SSSR count). The van der Waals surface area contributed by atoms with E-state index >= 15 is 0 Å². The molecular formula is C37H50O11. The van der Waals surface area contributed by atoms with Crippen molar-refractivity contribution in [3.63, 3.8) is 0 Å². The number of fused-ring (bicyclic) bond motifs is 2. The number of Topliss-reactive ketones (excluding diaryl/α,β-unsaturated/α-hetero) is 1. The molecule has 0 unspecified atom stereocenters. The van der Waals surface area contributed by atoms with E-state index in [0.29, 0.717) is 49.8 Å². The van der Waals surface area contributed by atoms with Gasteiger partial charge in [0.2, 0.25) is 0 Å². The standard InChI is InChI=1S/C37H50O11/c1-6-9-19(21(39)17-38)16-22-20(11-15-44-22)27-33(4)14-10-23-34(5,37(33)28(47-37)29(42)46-27)26(41)24(40)25-32(2,3)48-30-35(12-7-8-13-35)31(43)45-18-36(23,25)30/h11,15,19,21,23,25-28,30,38-39,41H,6-10,12-14,16-18H2,1-5H3/t19-,21-,23+,25-,26-,27+,28-,30+,33+,34+,36-,37-/m1/s1. The zero-order valence-electron chi connectivity index (χ0n) is 28.7. The van der Waals surface area contributed by atoms with E-state index in [2.05, 4.69) is 0 Å². The molecule has 0 amide bonds. The van der Waals surface area contributed by atoms with Crippen LogP contribution in [0.25, 0.3) is 0 Å². The molecule has 4 aliphatic heterocycles. The van der Waals surface area contributed by atoms with Crippen molar-refractivity contribution in [2.75, 3.05) is 13.2 Å². The maximum Gasteiger partial charge on any atom is 0.339 e. The van der Waals surface area contributed by atoms with Gasteiger partial charge in [-0.05, 0) is 63.9 Å². The highest BCUT2D eigenvalue weighted by Gasteiger charge is 2.91. The third-order valence-corrected chi connectivity index (χ3v) is 14.6. The molecule has 264 valence electrons. The number of aliphatic hydroxyl groups is 3. The van der Waals surface area contributed by atoms with Gasteiger partial charge in [0, 0.05) is 28.2 Å². The first-order valence-corrected chi connectivity index (χ1v) is 18.0. The number of rotatable bonds is 7. The van der Waals surface area contributed by atoms with E-state index in [1.807, 2.05) is 34.6 Å². The Morgan fingerprint density at radius 1 is 1.02 bits per heavy atom. The van der Waals surface area contributed by atoms with Gasteiger partial charge in [0.25, 0.3) is 0 Å². The Labute approximate surface area is 281 Å². The molecule has 7 fully saturated rings. The number of furan rings is 1. The smallest absolute Gasteiger partial charge is 0.339 e. The van der Waals surface area contributed by atoms with Crippen molar-refractivity contribution in [2.24, 2.45) is 39.4 Å². The molecule has 1 aromatic rings. The van der Waals surface area contributed by atoms with E-state index < -0.39 is 75.3 Å². The predicted molar refractivity (Wildman–Crippen MR) is 167 cm³/mol. The SMILES string of the molecule is CCC[C@H](Cc1occc1[C@@H]1OC(=O)[C@H]2O[C@]23[C@]2(C)[C@H](O)C(=O)[C@@H]4C(C)(C)O[C@H]5C6(CCCC6)C(=O)OC[C@@]45[C@H]2CC[C@@]13C)[C@H](O)CO. The second-order valence-corrected chi connectivity index (χ2v) is 17.0. The van der Waals surface area contributed by atoms with E-state index in [1.54, 1.807) is 12.3 Å². The van der Waals surface area contributed by atoms with Crippen molar-refractivity contribution < 1.29 is 53.1 Å². The number of hydrogen-bond donors (Lipinski definition) is 3. The monoisotopic (exact) mass is 670 g/mol. The molecule has 3 aliphatic carbocycles. The van der Waals surface area contributed by atoms with E-state index in [1.165, 1.54) is 0 Å². The van der Waals surface area contributed by atoms with Crippen LogP contribution in [0.5, 0.6) is 0 Å². The van der Waals surface area contributed by atoms with Gasteiger partial charge in [0.05, 0.1) is 42.0 Å². The van der Waals surface area contributed by atoms with Gasteiger partial charge >= 0.3 is 11.9 Å². The fourth-order valence-corrected chi connectivity index (χ4v) is 12.7. The highest BCUT2D eigenvalue weighted by molar-refractivity contribution is 5.92. The van der Waals surface area contributed by atoms with Gasteiger partial charge in [-0.15, -0.1) is 0 Å². The van der Waals surface area contributed by atoms with Crippen LogP contribution in [0.15, 0.2) is 16.7 Å². The summed E-state index contributed by atoms with van der Waals surface area (Å²) in [4.78, 5) is 42.3. The summed E-state index contributed by atoms with van der Waals surface area (Å²) in [6.45, 7) is 9.39. The number of cyclic esters (lactones) is 2. The van der Waals surface area contributed by atoms with Crippen LogP contribution in [0.2, 0.25) is 0 Å². The number of epoxide rings is 1. The molecule has 1 aromatic heterocycles. The Kier molecular flexibility index (Phi) is 7.10. The lowest BCUT2D eigenvalue weighted by atomic mass is 9.35. The Morgan fingerprint density at radius 3 is 2.44 bits per heavy atom. The second-order valence-electron chi connectivity index (χ2n) is 17.0. The number of hydrogen-bond acceptors (Lipinski definition) is 11. The molecule has 0 bridgehead atoms. The lowest BCUT2D eigenvalue weighted by molar-refractivity contribution is -0.264. The Balaban J connectivity index is 1.25. The van der Waals surface area contributed by atoms with Gasteiger partial charge in [-0.3, -0.25) is 9.59 Å². The first kappa shape index (κ1) is 32.9. The van der Waals surface area contributed by atoms with Crippen molar-refractivity contribution >= 4 is 17.7 Å². The fourth-order valence-electron chi connectivity index (χ4n) is 12.7. The lowest BCUT2D eigenvalue weighted by Crippen LogP contribution is -2.77. The maximum absolute atomic E-state index is 14.8. The Hall–Kier alpha value is -2.31. The average Bonchev–Trinajstić information content (AvgIpc) is 3.30. The highest BCUT2D eigenvalue weighted by Crippen LogP contribution is 2.81. The Bertz CT molecular complexity index is 1530. The van der Waals surface area contributed by atoms with Gasteiger partial charge in [-0.1, -0.05) is 40.0 Å². The van der Waals surface area contributed by atoms with Gasteiger partial charge in [-0.2, -0.15) is 0 Å². The molecule has 48 heavy (non-hydrogen) atoms. The summed E-state index contributed by atoms with van der Waals surface area (Å²) >= 11 is 0. The molecule has 5 heterocycles. The van der Waals surface area contributed by atoms with E-state index in [9.17, 15) is 29.7 Å². The van der Waals surface area contributed by atoms with Crippen LogP contribution in [0, 0.1) is 39.4 Å². The summed E-state index contributed by atoms with van der Waals surface area (Å²) in [6, 6.07) is 1.79. The summed E-state index contributed by atoms with van der Waals surface area (Å²) in [5, 5.41) is 32.7. The molecular weight excluding hydrogens is 620 g/mol. The van der Waals surface area contributed by atoms with Gasteiger partial charge in [0.15, 0.2) is 11.9 Å². The van der Waals surface area contributed by atoms with Crippen molar-refractivity contribution in [2.45, 2.75) is 134 Å². The van der Waals surface area contributed by atoms with Gasteiger partial charge in [-0.25, -0.2) is 4.79 Å². The number of ether oxygens (including phenoxy) is 4. The molecule has 7 aliphatic rings. The first-order chi connectivity index (χ1) is 22.7. The molecule has 11 heteroatoms. The molecule has 11 nitrogen and oxygen atoms in total. The van der Waals surface area contributed by atoms with Crippen molar-refractivity contribution in [1.29, 1.82) is 0 Å². The summed E-state index contributed by atoms with van der Waals surface area (Å²) in [7, 11) is 0. The number of carbonyl (C=O) groups excluding carboxylic acids is 3. The van der Waals surface area contributed by atoms with Crippen LogP contribution in [0.1, 0.15) is 103 Å². The molecule has 3 N–H and O–H groups in total. The maximum atomic E-state index is 14.8. The quantitative estimate of drug-likeness (QED) is 0.287. The number of esters is 2. The zero-order chi connectivity index (χ0) is 34.2. The van der Waals surface area contributed by atoms with Crippen LogP contribution in [0.3, 0.4) is 0 Å². The normalized spacial score (nSPS) is 46.0. The first-order valence-electron chi connectivity index (χ1n) is 18.0. The summed E-state index contributed by atoms with van der Waals surface area (Å²) in [5.74, 6) is -1.91. The zero-order valence-corrected chi connectivity index (χ0v) is 28.7. The van der Waals surface area contributed by atoms with Gasteiger partial charge < -0.3 is 38.7 Å². The van der Waals surface area contributed by atoms with Crippen molar-refractivity contribution in [3.05, 3.63) is 23.7 Å². The third-order valence-electron chi connectivity index (χ3n) is 14.6. The van der Waals surface area contributed by atoms with Crippen molar-refractivity contribution in [3.8, 4) is 0 Å². The largest absolute Gasteiger partial charge is 0.469 e. The average molecular weight is 671 g/mol. The van der Waals surface area contributed by atoms with Crippen LogP contribution in [0.4, 0.5) is 0 Å². The van der Waals surface area contributed by atoms with E-state index in [-0.39, 0.29) is 36.8 Å². The van der Waals surface area contributed by atoms with E-state index in [0.717, 1.165) is 19.3 Å². The molecule has 0 aromatic carbocycles. The van der Waals surface area contributed by atoms with Crippen LogP contribution < -0.4 is 0 Å². The predicted octanol–water partition coefficient (Wildman–Crippen LogP) is 3.59. The van der Waals surface area contributed by atoms with Crippen molar-refractivity contribution in [1.82, 2.24) is 0 Å². The Morgan fingerprint density at radius 2 is 1.75 bits per heavy atom. The molecule has 3 saturated carbocycles. The fraction of sp³-hybridized carbons (Fsp3) is 0.811. The van der Waals surface area contributed by atoms with Crippen LogP contribution in [-0.4, -0.2) is 81.9 Å². The lowest BCUT2D eigenvalue weighted by Gasteiger charge is -2.67. The number of ketones is 1. The van der Waals surface area contributed by atoms with Gasteiger partial charge in [0.1, 0.15) is 30.2 Å². The third kappa shape index (κ3) is 3.65. The molecule has 12 atom stereocenters. The number of aliphatic hydroxyl groups excluding tert-OH is 3. The minimum absolute atomic E-state index is 0.0221. The summed E-state index contributed by atoms with van der Waals surface area (Å²) in [5.41, 5.74) is -5.38. The second kappa shape index (κ2) is 10.4. The topological polar surface area (TPSA) is 165 Å². The molecule has 0 radical (unpaired) electrons. The van der Waals surface area contributed by atoms with Crippen LogP contribution >= 0.6 is 0 Å². The molecule has 4 saturated heterocycles.